The molecule has 5 heteroatoms. The molecule has 1 atom stereocenters. The van der Waals surface area contributed by atoms with Gasteiger partial charge in [-0.3, -0.25) is 4.79 Å². The van der Waals surface area contributed by atoms with Crippen molar-refractivity contribution in [1.29, 1.82) is 0 Å². The minimum atomic E-state index is -0.674. The third-order valence-corrected chi connectivity index (χ3v) is 4.23. The third-order valence-electron chi connectivity index (χ3n) is 4.23. The Labute approximate surface area is 136 Å². The highest BCUT2D eigenvalue weighted by Crippen LogP contribution is 2.36. The van der Waals surface area contributed by atoms with Crippen molar-refractivity contribution in [2.75, 3.05) is 5.32 Å². The quantitative estimate of drug-likeness (QED) is 0.817. The molecular formula is C18H23NO4. The van der Waals surface area contributed by atoms with Crippen molar-refractivity contribution < 1.29 is 19.4 Å². The lowest BCUT2D eigenvalue weighted by Crippen LogP contribution is -2.43. The fourth-order valence-electron chi connectivity index (χ4n) is 2.82. The van der Waals surface area contributed by atoms with Gasteiger partial charge in [0.25, 0.3) is 0 Å². The minimum absolute atomic E-state index is 0.0796. The van der Waals surface area contributed by atoms with E-state index in [0.717, 1.165) is 23.7 Å². The SMILES string of the molecule is CC(=O)Nc1ccc(CC[C@@]2(C(C)C)CC(O)=CC(=O)O2)cc1. The lowest BCUT2D eigenvalue weighted by Gasteiger charge is -2.39. The second-order valence-electron chi connectivity index (χ2n) is 6.33. The van der Waals surface area contributed by atoms with Gasteiger partial charge in [0.1, 0.15) is 11.4 Å². The first-order valence-corrected chi connectivity index (χ1v) is 7.80. The summed E-state index contributed by atoms with van der Waals surface area (Å²) in [6, 6.07) is 7.59. The number of ether oxygens (including phenoxy) is 1. The van der Waals surface area contributed by atoms with Gasteiger partial charge in [0.2, 0.25) is 5.91 Å². The van der Waals surface area contributed by atoms with Crippen LogP contribution in [0.15, 0.2) is 36.1 Å². The maximum absolute atomic E-state index is 11.7. The molecule has 1 aromatic rings. The molecule has 0 saturated heterocycles. The van der Waals surface area contributed by atoms with Crippen molar-refractivity contribution in [3.05, 3.63) is 41.7 Å². The fraction of sp³-hybridized carbons (Fsp3) is 0.444. The van der Waals surface area contributed by atoms with Crippen molar-refractivity contribution in [2.45, 2.75) is 45.6 Å². The molecule has 0 aromatic heterocycles. The normalized spacial score (nSPS) is 20.9. The Morgan fingerprint density at radius 1 is 1.35 bits per heavy atom. The molecule has 1 heterocycles. The van der Waals surface area contributed by atoms with E-state index in [1.54, 1.807) is 0 Å². The summed E-state index contributed by atoms with van der Waals surface area (Å²) in [5.41, 5.74) is 1.17. The first-order chi connectivity index (χ1) is 10.8. The second kappa shape index (κ2) is 6.86. The molecule has 1 aromatic carbocycles. The van der Waals surface area contributed by atoms with Crippen LogP contribution < -0.4 is 5.32 Å². The van der Waals surface area contributed by atoms with Crippen molar-refractivity contribution in [2.24, 2.45) is 5.92 Å². The van der Waals surface area contributed by atoms with Gasteiger partial charge in [-0.25, -0.2) is 4.79 Å². The van der Waals surface area contributed by atoms with Crippen LogP contribution in [0.2, 0.25) is 0 Å². The molecule has 0 radical (unpaired) electrons. The maximum atomic E-state index is 11.7. The largest absolute Gasteiger partial charge is 0.512 e. The van der Waals surface area contributed by atoms with E-state index in [2.05, 4.69) is 5.32 Å². The Hall–Kier alpha value is -2.30. The number of cyclic esters (lactones) is 1. The average molecular weight is 317 g/mol. The first kappa shape index (κ1) is 17.1. The summed E-state index contributed by atoms with van der Waals surface area (Å²) in [5, 5.41) is 12.5. The molecule has 2 N–H and O–H groups in total. The number of rotatable bonds is 5. The van der Waals surface area contributed by atoms with Crippen LogP contribution >= 0.6 is 0 Å². The van der Waals surface area contributed by atoms with Crippen LogP contribution in [0.4, 0.5) is 5.69 Å². The van der Waals surface area contributed by atoms with E-state index >= 15 is 0 Å². The average Bonchev–Trinajstić information content (AvgIpc) is 2.45. The molecule has 124 valence electrons. The van der Waals surface area contributed by atoms with Gasteiger partial charge in [0.15, 0.2) is 0 Å². The van der Waals surface area contributed by atoms with Gasteiger partial charge >= 0.3 is 5.97 Å². The Balaban J connectivity index is 2.06. The summed E-state index contributed by atoms with van der Waals surface area (Å²) >= 11 is 0. The highest BCUT2D eigenvalue weighted by molar-refractivity contribution is 5.88. The number of amides is 1. The zero-order chi connectivity index (χ0) is 17.0. The third kappa shape index (κ3) is 4.34. The number of esters is 1. The number of hydrogen-bond donors (Lipinski definition) is 2. The summed E-state index contributed by atoms with van der Waals surface area (Å²) in [4.78, 5) is 22.7. The van der Waals surface area contributed by atoms with E-state index in [9.17, 15) is 14.7 Å². The Bertz CT molecular complexity index is 618. The van der Waals surface area contributed by atoms with E-state index in [1.807, 2.05) is 38.1 Å². The van der Waals surface area contributed by atoms with Crippen LogP contribution in [-0.2, 0) is 20.7 Å². The summed E-state index contributed by atoms with van der Waals surface area (Å²) in [6.45, 7) is 5.45. The standard InChI is InChI=1S/C18H23NO4/c1-12(2)18(11-16(21)10-17(22)23-18)9-8-14-4-6-15(7-5-14)19-13(3)20/h4-7,10,12,21H,8-9,11H2,1-3H3,(H,19,20)/t18-/m0/s1. The minimum Gasteiger partial charge on any atom is -0.512 e. The Morgan fingerprint density at radius 3 is 2.52 bits per heavy atom. The number of anilines is 1. The van der Waals surface area contributed by atoms with Gasteiger partial charge in [-0.1, -0.05) is 26.0 Å². The van der Waals surface area contributed by atoms with Crippen molar-refractivity contribution >= 4 is 17.6 Å². The summed E-state index contributed by atoms with van der Waals surface area (Å²) in [5.74, 6) is -0.409. The van der Waals surface area contributed by atoms with Crippen molar-refractivity contribution in [1.82, 2.24) is 0 Å². The molecule has 1 amide bonds. The lowest BCUT2D eigenvalue weighted by atomic mass is 9.80. The molecule has 0 fully saturated rings. The smallest absolute Gasteiger partial charge is 0.334 e. The van der Waals surface area contributed by atoms with Crippen molar-refractivity contribution in [3.63, 3.8) is 0 Å². The van der Waals surface area contributed by atoms with Crippen molar-refractivity contribution in [3.8, 4) is 0 Å². The molecule has 0 saturated carbocycles. The molecule has 1 aliphatic rings. The van der Waals surface area contributed by atoms with E-state index in [4.69, 9.17) is 4.74 Å². The number of carbonyl (C=O) groups is 2. The monoisotopic (exact) mass is 317 g/mol. The molecule has 0 spiro atoms. The van der Waals surface area contributed by atoms with Gasteiger partial charge in [0, 0.05) is 19.0 Å². The number of aryl methyl sites for hydroxylation is 1. The predicted molar refractivity (Wildman–Crippen MR) is 88.1 cm³/mol. The number of carbonyl (C=O) groups excluding carboxylic acids is 2. The van der Waals surface area contributed by atoms with Crippen LogP contribution in [0.1, 0.15) is 39.2 Å². The highest BCUT2D eigenvalue weighted by atomic mass is 16.6. The van der Waals surface area contributed by atoms with Crippen LogP contribution in [0, 0.1) is 5.92 Å². The second-order valence-corrected chi connectivity index (χ2v) is 6.33. The van der Waals surface area contributed by atoms with Crippen LogP contribution in [-0.4, -0.2) is 22.6 Å². The molecular weight excluding hydrogens is 294 g/mol. The van der Waals surface area contributed by atoms with E-state index in [1.165, 1.54) is 6.92 Å². The van der Waals surface area contributed by atoms with Gasteiger partial charge in [-0.15, -0.1) is 0 Å². The van der Waals surface area contributed by atoms with Gasteiger partial charge in [-0.2, -0.15) is 0 Å². The Morgan fingerprint density at radius 2 is 2.00 bits per heavy atom. The molecule has 0 bridgehead atoms. The van der Waals surface area contributed by atoms with Crippen LogP contribution in [0.25, 0.3) is 0 Å². The molecule has 0 aliphatic carbocycles. The summed E-state index contributed by atoms with van der Waals surface area (Å²) < 4.78 is 5.57. The maximum Gasteiger partial charge on any atom is 0.334 e. The van der Waals surface area contributed by atoms with Crippen LogP contribution in [0.5, 0.6) is 0 Å². The number of nitrogens with one attached hydrogen (secondary N) is 1. The van der Waals surface area contributed by atoms with Gasteiger partial charge < -0.3 is 15.2 Å². The lowest BCUT2D eigenvalue weighted by molar-refractivity contribution is -0.163. The number of hydrogen-bond acceptors (Lipinski definition) is 4. The van der Waals surface area contributed by atoms with E-state index < -0.39 is 11.6 Å². The van der Waals surface area contributed by atoms with E-state index in [-0.39, 0.29) is 17.6 Å². The molecule has 0 unspecified atom stereocenters. The van der Waals surface area contributed by atoms with E-state index in [0.29, 0.717) is 12.8 Å². The number of benzene rings is 1. The van der Waals surface area contributed by atoms with Gasteiger partial charge in [0.05, 0.1) is 6.08 Å². The predicted octanol–water partition coefficient (Wildman–Crippen LogP) is 3.36. The first-order valence-electron chi connectivity index (χ1n) is 7.80. The molecule has 1 aliphatic heterocycles. The van der Waals surface area contributed by atoms with Gasteiger partial charge in [-0.05, 0) is 36.5 Å². The number of aliphatic hydroxyl groups is 1. The highest BCUT2D eigenvalue weighted by Gasteiger charge is 2.41. The molecule has 2 rings (SSSR count). The molecule has 5 nitrogen and oxygen atoms in total. The molecule has 23 heavy (non-hydrogen) atoms. The zero-order valence-corrected chi connectivity index (χ0v) is 13.8. The van der Waals surface area contributed by atoms with Crippen LogP contribution in [0.3, 0.4) is 0 Å². The fourth-order valence-corrected chi connectivity index (χ4v) is 2.82. The summed E-state index contributed by atoms with van der Waals surface area (Å²) in [6.07, 6.45) is 2.84. The number of aliphatic hydroxyl groups excluding tert-OH is 1. The zero-order valence-electron chi connectivity index (χ0n) is 13.8. The topological polar surface area (TPSA) is 75.6 Å². The Kier molecular flexibility index (Phi) is 5.08. The summed E-state index contributed by atoms with van der Waals surface area (Å²) in [7, 11) is 0.